The van der Waals surface area contributed by atoms with Gasteiger partial charge in [-0.3, -0.25) is 23.4 Å². The van der Waals surface area contributed by atoms with Crippen LogP contribution >= 0.6 is 11.6 Å². The second-order valence-corrected chi connectivity index (χ2v) is 11.2. The maximum absolute atomic E-state index is 14.2. The van der Waals surface area contributed by atoms with Gasteiger partial charge in [0.2, 0.25) is 0 Å². The number of carbonyl (C=O) groups is 1. The summed E-state index contributed by atoms with van der Waals surface area (Å²) in [6.45, 7) is 0.266. The molecule has 0 spiro atoms. The van der Waals surface area contributed by atoms with Crippen molar-refractivity contribution in [1.29, 1.82) is 0 Å². The highest BCUT2D eigenvalue weighted by Crippen LogP contribution is 2.35. The topological polar surface area (TPSA) is 116 Å². The summed E-state index contributed by atoms with van der Waals surface area (Å²) in [7, 11) is 6.71. The van der Waals surface area contributed by atoms with Crippen LogP contribution in [0.5, 0.6) is 5.75 Å². The molecule has 11 nitrogen and oxygen atoms in total. The van der Waals surface area contributed by atoms with Crippen molar-refractivity contribution < 1.29 is 22.7 Å². The summed E-state index contributed by atoms with van der Waals surface area (Å²) in [5.41, 5.74) is -0.549. The number of ether oxygens (including phenoxy) is 1. The molecular formula is C31H29ClF3N7O4. The monoisotopic (exact) mass is 655 g/mol. The average molecular weight is 656 g/mol. The zero-order valence-corrected chi connectivity index (χ0v) is 26.0. The van der Waals surface area contributed by atoms with Crippen molar-refractivity contribution in [3.63, 3.8) is 0 Å². The first kappa shape index (κ1) is 32.4. The van der Waals surface area contributed by atoms with E-state index in [1.807, 2.05) is 19.0 Å². The van der Waals surface area contributed by atoms with Crippen LogP contribution in [0, 0.1) is 17.5 Å². The number of nitrogens with zero attached hydrogens (tertiary/aromatic N) is 6. The first-order valence-electron chi connectivity index (χ1n) is 13.9. The smallest absolute Gasteiger partial charge is 0.332 e. The van der Waals surface area contributed by atoms with E-state index in [1.165, 1.54) is 30.3 Å². The molecule has 0 saturated heterocycles. The number of benzene rings is 3. The Morgan fingerprint density at radius 1 is 1.02 bits per heavy atom. The third-order valence-corrected chi connectivity index (χ3v) is 7.56. The van der Waals surface area contributed by atoms with Gasteiger partial charge in [-0.2, -0.15) is 5.10 Å². The highest BCUT2D eigenvalue weighted by Gasteiger charge is 2.22. The van der Waals surface area contributed by atoms with Gasteiger partial charge >= 0.3 is 5.69 Å². The predicted molar refractivity (Wildman–Crippen MR) is 166 cm³/mol. The van der Waals surface area contributed by atoms with Gasteiger partial charge in [0.05, 0.1) is 25.7 Å². The molecule has 0 unspecified atom stereocenters. The first-order chi connectivity index (χ1) is 21.9. The maximum atomic E-state index is 14.2. The van der Waals surface area contributed by atoms with Crippen molar-refractivity contribution in [3.05, 3.63) is 109 Å². The molecule has 0 radical (unpaired) electrons. The molecule has 15 heteroatoms. The number of halogens is 4. The van der Waals surface area contributed by atoms with Crippen LogP contribution in [0.25, 0.3) is 22.0 Å². The van der Waals surface area contributed by atoms with E-state index in [4.69, 9.17) is 16.3 Å². The number of amides is 1. The standard InChI is InChI=1S/C31H29ClF3N7O4/c1-39(2)8-7-36-29(43)18-5-6-21(32)20(11-18)19-12-24-27(25(13-19)46-4)30(44)42(15-26-37-16-40(3)38-26)31(45)41(24)14-17-9-22(33)28(35)23(34)10-17/h5-6,9-13,16H,7-8,14-15H2,1-4H3,(H,36,43). The normalized spacial score (nSPS) is 11.4. The van der Waals surface area contributed by atoms with Crippen molar-refractivity contribution in [2.45, 2.75) is 13.1 Å². The van der Waals surface area contributed by atoms with Gasteiger partial charge in [0, 0.05) is 36.3 Å². The zero-order valence-electron chi connectivity index (χ0n) is 25.3. The average Bonchev–Trinajstić information content (AvgIpc) is 3.43. The molecule has 240 valence electrons. The minimum absolute atomic E-state index is 0.0291. The first-order valence-corrected chi connectivity index (χ1v) is 14.3. The fraction of sp³-hybridized carbons (Fsp3) is 0.258. The molecule has 0 aliphatic carbocycles. The van der Waals surface area contributed by atoms with E-state index >= 15 is 0 Å². The van der Waals surface area contributed by atoms with E-state index in [0.717, 1.165) is 21.3 Å². The second kappa shape index (κ2) is 13.2. The Hall–Kier alpha value is -4.95. The van der Waals surface area contributed by atoms with Crippen molar-refractivity contribution in [3.8, 4) is 16.9 Å². The molecule has 2 aromatic heterocycles. The number of methoxy groups -OCH3 is 1. The highest BCUT2D eigenvalue weighted by atomic mass is 35.5. The molecule has 2 heterocycles. The van der Waals surface area contributed by atoms with Gasteiger partial charge in [-0.05, 0) is 67.7 Å². The van der Waals surface area contributed by atoms with Gasteiger partial charge in [-0.1, -0.05) is 11.6 Å². The van der Waals surface area contributed by atoms with E-state index in [2.05, 4.69) is 15.4 Å². The van der Waals surface area contributed by atoms with Crippen LogP contribution in [0.2, 0.25) is 5.02 Å². The quantitative estimate of drug-likeness (QED) is 0.229. The number of aromatic nitrogens is 5. The third-order valence-electron chi connectivity index (χ3n) is 7.23. The summed E-state index contributed by atoms with van der Waals surface area (Å²) < 4.78 is 51.2. The second-order valence-electron chi connectivity index (χ2n) is 10.8. The lowest BCUT2D eigenvalue weighted by Gasteiger charge is -2.18. The van der Waals surface area contributed by atoms with Crippen LogP contribution in [-0.2, 0) is 20.1 Å². The molecule has 0 atom stereocenters. The molecule has 1 amide bonds. The number of hydrogen-bond acceptors (Lipinski definition) is 7. The van der Waals surface area contributed by atoms with E-state index in [1.54, 1.807) is 25.2 Å². The summed E-state index contributed by atoms with van der Waals surface area (Å²) >= 11 is 6.58. The minimum atomic E-state index is -1.66. The van der Waals surface area contributed by atoms with Crippen LogP contribution in [-0.4, -0.2) is 69.0 Å². The molecular weight excluding hydrogens is 627 g/mol. The summed E-state index contributed by atoms with van der Waals surface area (Å²) in [5, 5.41) is 7.21. The molecule has 0 aliphatic rings. The lowest BCUT2D eigenvalue weighted by Crippen LogP contribution is -2.41. The number of nitrogens with one attached hydrogen (secondary N) is 1. The van der Waals surface area contributed by atoms with Crippen LogP contribution in [0.15, 0.2) is 58.4 Å². The molecule has 0 saturated carbocycles. The van der Waals surface area contributed by atoms with E-state index < -0.39 is 35.2 Å². The molecule has 0 fully saturated rings. The third kappa shape index (κ3) is 6.53. The summed E-state index contributed by atoms with van der Waals surface area (Å²) in [6.07, 6.45) is 1.40. The van der Waals surface area contributed by atoms with Gasteiger partial charge in [-0.25, -0.2) is 22.9 Å². The molecule has 1 N–H and O–H groups in total. The Morgan fingerprint density at radius 2 is 1.74 bits per heavy atom. The highest BCUT2D eigenvalue weighted by molar-refractivity contribution is 6.33. The van der Waals surface area contributed by atoms with E-state index in [0.29, 0.717) is 29.8 Å². The van der Waals surface area contributed by atoms with Crippen LogP contribution in [0.3, 0.4) is 0 Å². The number of fused-ring (bicyclic) bond motifs is 1. The van der Waals surface area contributed by atoms with Gasteiger partial charge in [-0.15, -0.1) is 0 Å². The number of likely N-dealkylation sites (N-methyl/N-ethyl adjacent to an activating group) is 1. The lowest BCUT2D eigenvalue weighted by atomic mass is 10.00. The van der Waals surface area contributed by atoms with Crippen LogP contribution in [0.1, 0.15) is 21.7 Å². The van der Waals surface area contributed by atoms with Crippen molar-refractivity contribution in [2.75, 3.05) is 34.3 Å². The molecule has 5 aromatic rings. The van der Waals surface area contributed by atoms with Gasteiger partial charge in [0.15, 0.2) is 23.3 Å². The Balaban J connectivity index is 1.73. The number of aryl methyl sites for hydroxylation is 1. The summed E-state index contributed by atoms with van der Waals surface area (Å²) in [4.78, 5) is 46.7. The van der Waals surface area contributed by atoms with Crippen molar-refractivity contribution in [1.82, 2.24) is 34.1 Å². The molecule has 46 heavy (non-hydrogen) atoms. The van der Waals surface area contributed by atoms with E-state index in [9.17, 15) is 27.6 Å². The Bertz CT molecular complexity index is 2070. The lowest BCUT2D eigenvalue weighted by molar-refractivity contribution is 0.0951. The van der Waals surface area contributed by atoms with Gasteiger partial charge in [0.25, 0.3) is 11.5 Å². The van der Waals surface area contributed by atoms with Gasteiger partial charge in [0.1, 0.15) is 17.5 Å². The summed E-state index contributed by atoms with van der Waals surface area (Å²) in [6, 6.07) is 9.24. The molecule has 0 bridgehead atoms. The molecule has 0 aliphatic heterocycles. The van der Waals surface area contributed by atoms with Crippen LogP contribution in [0.4, 0.5) is 13.2 Å². The molecule has 5 rings (SSSR count). The maximum Gasteiger partial charge on any atom is 0.332 e. The SMILES string of the molecule is COc1cc(-c2cc(C(=O)NCCN(C)C)ccc2Cl)cc2c1c(=O)n(Cc1ncn(C)n1)c(=O)n2Cc1cc(F)c(F)c(F)c1. The predicted octanol–water partition coefficient (Wildman–Crippen LogP) is 3.43. The van der Waals surface area contributed by atoms with E-state index in [-0.39, 0.29) is 45.5 Å². The summed E-state index contributed by atoms with van der Waals surface area (Å²) in [5.74, 6) is -4.66. The molecule has 3 aromatic carbocycles. The van der Waals surface area contributed by atoms with Gasteiger partial charge < -0.3 is 15.0 Å². The Morgan fingerprint density at radius 3 is 2.37 bits per heavy atom. The number of hydrogen-bond donors (Lipinski definition) is 1. The fourth-order valence-electron chi connectivity index (χ4n) is 4.97. The number of rotatable bonds is 10. The Kier molecular flexibility index (Phi) is 9.30. The number of carbonyl (C=O) groups excluding carboxylic acids is 1. The van der Waals surface area contributed by atoms with Crippen molar-refractivity contribution >= 4 is 28.4 Å². The van der Waals surface area contributed by atoms with Crippen molar-refractivity contribution in [2.24, 2.45) is 7.05 Å². The minimum Gasteiger partial charge on any atom is -0.496 e. The zero-order chi connectivity index (χ0) is 33.3. The Labute approximate surface area is 265 Å². The largest absolute Gasteiger partial charge is 0.496 e. The van der Waals surface area contributed by atoms with Crippen LogP contribution < -0.4 is 21.3 Å². The fourth-order valence-corrected chi connectivity index (χ4v) is 5.20.